The van der Waals surface area contributed by atoms with Crippen LogP contribution in [0.1, 0.15) is 26.3 Å². The van der Waals surface area contributed by atoms with Gasteiger partial charge in [0.05, 0.1) is 25.7 Å². The Bertz CT molecular complexity index is 355. The molecule has 18 heavy (non-hydrogen) atoms. The zero-order valence-electron chi connectivity index (χ0n) is 11.5. The van der Waals surface area contributed by atoms with Crippen molar-refractivity contribution in [2.24, 2.45) is 0 Å². The highest BCUT2D eigenvalue weighted by atomic mass is 16.5. The number of hydrogen-bond acceptors (Lipinski definition) is 3. The quantitative estimate of drug-likeness (QED) is 0.876. The minimum absolute atomic E-state index is 0.0965. The lowest BCUT2D eigenvalue weighted by Gasteiger charge is -2.28. The van der Waals surface area contributed by atoms with E-state index in [0.29, 0.717) is 19.7 Å². The SMILES string of the molecule is COCCN(Cc1ccoc1)C(=O)NC(C)(C)C. The molecule has 0 aliphatic rings. The standard InChI is InChI=1S/C13H22N2O3/c1-13(2,3)14-12(16)15(6-8-17-4)9-11-5-7-18-10-11/h5,7,10H,6,8-9H2,1-4H3,(H,14,16). The number of ether oxygens (including phenoxy) is 1. The molecule has 1 heterocycles. The third-order valence-electron chi connectivity index (χ3n) is 2.29. The lowest BCUT2D eigenvalue weighted by atomic mass is 10.1. The first-order valence-electron chi connectivity index (χ1n) is 5.99. The van der Waals surface area contributed by atoms with Crippen LogP contribution < -0.4 is 5.32 Å². The number of nitrogens with one attached hydrogen (secondary N) is 1. The van der Waals surface area contributed by atoms with E-state index in [0.717, 1.165) is 5.56 Å². The Labute approximate surface area is 108 Å². The van der Waals surface area contributed by atoms with Crippen molar-refractivity contribution in [1.29, 1.82) is 0 Å². The topological polar surface area (TPSA) is 54.7 Å². The first-order chi connectivity index (χ1) is 8.42. The van der Waals surface area contributed by atoms with Crippen LogP contribution in [-0.2, 0) is 11.3 Å². The molecule has 1 N–H and O–H groups in total. The summed E-state index contributed by atoms with van der Waals surface area (Å²) in [5.74, 6) is 0. The minimum Gasteiger partial charge on any atom is -0.472 e. The molecule has 0 aliphatic heterocycles. The highest BCUT2D eigenvalue weighted by Crippen LogP contribution is 2.07. The van der Waals surface area contributed by atoms with Crippen molar-refractivity contribution >= 4 is 6.03 Å². The van der Waals surface area contributed by atoms with Crippen LogP contribution in [0, 0.1) is 0 Å². The fourth-order valence-corrected chi connectivity index (χ4v) is 1.46. The molecule has 0 saturated heterocycles. The molecular formula is C13H22N2O3. The van der Waals surface area contributed by atoms with E-state index < -0.39 is 0 Å². The molecule has 2 amide bonds. The molecule has 1 aromatic heterocycles. The van der Waals surface area contributed by atoms with Crippen molar-refractivity contribution in [2.45, 2.75) is 32.9 Å². The Morgan fingerprint density at radius 1 is 1.50 bits per heavy atom. The smallest absolute Gasteiger partial charge is 0.318 e. The average Bonchev–Trinajstić information content (AvgIpc) is 2.74. The first kappa shape index (κ1) is 14.6. The van der Waals surface area contributed by atoms with Gasteiger partial charge in [-0.1, -0.05) is 0 Å². The van der Waals surface area contributed by atoms with E-state index >= 15 is 0 Å². The summed E-state index contributed by atoms with van der Waals surface area (Å²) in [6.07, 6.45) is 3.25. The third-order valence-corrected chi connectivity index (χ3v) is 2.29. The summed E-state index contributed by atoms with van der Waals surface area (Å²) in [5.41, 5.74) is 0.717. The van der Waals surface area contributed by atoms with Gasteiger partial charge in [-0.3, -0.25) is 0 Å². The number of hydrogen-bond donors (Lipinski definition) is 1. The molecule has 102 valence electrons. The first-order valence-corrected chi connectivity index (χ1v) is 5.99. The molecular weight excluding hydrogens is 232 g/mol. The lowest BCUT2D eigenvalue weighted by Crippen LogP contribution is -2.49. The number of nitrogens with zero attached hydrogens (tertiary/aromatic N) is 1. The van der Waals surface area contributed by atoms with E-state index in [9.17, 15) is 4.79 Å². The van der Waals surface area contributed by atoms with Gasteiger partial charge in [0.15, 0.2) is 0 Å². The Kier molecular flexibility index (Phi) is 5.22. The maximum absolute atomic E-state index is 12.1. The van der Waals surface area contributed by atoms with Crippen LogP contribution >= 0.6 is 0 Å². The van der Waals surface area contributed by atoms with Gasteiger partial charge in [-0.2, -0.15) is 0 Å². The van der Waals surface area contributed by atoms with Gasteiger partial charge in [-0.15, -0.1) is 0 Å². The maximum Gasteiger partial charge on any atom is 0.318 e. The van der Waals surface area contributed by atoms with E-state index in [4.69, 9.17) is 9.15 Å². The molecule has 5 nitrogen and oxygen atoms in total. The minimum atomic E-state index is -0.251. The van der Waals surface area contributed by atoms with Crippen molar-refractivity contribution in [3.05, 3.63) is 24.2 Å². The van der Waals surface area contributed by atoms with Gasteiger partial charge >= 0.3 is 6.03 Å². The van der Waals surface area contributed by atoms with Gasteiger partial charge < -0.3 is 19.4 Å². The average molecular weight is 254 g/mol. The van der Waals surface area contributed by atoms with Gasteiger partial charge in [0.25, 0.3) is 0 Å². The van der Waals surface area contributed by atoms with Crippen LogP contribution in [0.15, 0.2) is 23.0 Å². The summed E-state index contributed by atoms with van der Waals surface area (Å²) in [5, 5.41) is 2.94. The molecule has 0 radical (unpaired) electrons. The Balaban J connectivity index is 2.62. The van der Waals surface area contributed by atoms with Crippen molar-refractivity contribution in [3.8, 4) is 0 Å². The number of rotatable bonds is 5. The van der Waals surface area contributed by atoms with Gasteiger partial charge in [-0.05, 0) is 26.8 Å². The second-order valence-corrected chi connectivity index (χ2v) is 5.23. The summed E-state index contributed by atoms with van der Waals surface area (Å²) in [7, 11) is 1.62. The monoisotopic (exact) mass is 254 g/mol. The fourth-order valence-electron chi connectivity index (χ4n) is 1.46. The predicted molar refractivity (Wildman–Crippen MR) is 69.3 cm³/mol. The molecule has 0 spiro atoms. The molecule has 1 aromatic rings. The van der Waals surface area contributed by atoms with Gasteiger partial charge in [0, 0.05) is 24.8 Å². The maximum atomic E-state index is 12.1. The van der Waals surface area contributed by atoms with E-state index in [-0.39, 0.29) is 11.6 Å². The van der Waals surface area contributed by atoms with Crippen LogP contribution in [0.25, 0.3) is 0 Å². The molecule has 0 aliphatic carbocycles. The summed E-state index contributed by atoms with van der Waals surface area (Å²) in [4.78, 5) is 13.8. The predicted octanol–water partition coefficient (Wildman–Crippen LogP) is 2.24. The fraction of sp³-hybridized carbons (Fsp3) is 0.615. The van der Waals surface area contributed by atoms with Crippen molar-refractivity contribution in [3.63, 3.8) is 0 Å². The molecule has 0 bridgehead atoms. The second kappa shape index (κ2) is 6.44. The zero-order chi connectivity index (χ0) is 13.6. The molecule has 5 heteroatoms. The van der Waals surface area contributed by atoms with Gasteiger partial charge in [0.2, 0.25) is 0 Å². The number of carbonyl (C=O) groups excluding carboxylic acids is 1. The number of urea groups is 1. The van der Waals surface area contributed by atoms with E-state index in [1.54, 1.807) is 24.5 Å². The lowest BCUT2D eigenvalue weighted by molar-refractivity contribution is 0.142. The summed E-state index contributed by atoms with van der Waals surface area (Å²) < 4.78 is 10.0. The highest BCUT2D eigenvalue weighted by molar-refractivity contribution is 5.74. The Morgan fingerprint density at radius 2 is 2.22 bits per heavy atom. The molecule has 0 aromatic carbocycles. The normalized spacial score (nSPS) is 11.3. The number of carbonyl (C=O) groups is 1. The van der Waals surface area contributed by atoms with Gasteiger partial charge in [-0.25, -0.2) is 4.79 Å². The van der Waals surface area contributed by atoms with Crippen LogP contribution in [0.5, 0.6) is 0 Å². The number of methoxy groups -OCH3 is 1. The number of furan rings is 1. The Hall–Kier alpha value is -1.49. The zero-order valence-corrected chi connectivity index (χ0v) is 11.5. The summed E-state index contributed by atoms with van der Waals surface area (Å²) in [6.45, 7) is 7.44. The van der Waals surface area contributed by atoms with E-state index in [1.165, 1.54) is 0 Å². The molecule has 0 unspecified atom stereocenters. The number of amides is 2. The molecule has 0 saturated carbocycles. The third kappa shape index (κ3) is 5.23. The van der Waals surface area contributed by atoms with Gasteiger partial charge in [0.1, 0.15) is 0 Å². The van der Waals surface area contributed by atoms with Crippen LogP contribution in [0.4, 0.5) is 4.79 Å². The van der Waals surface area contributed by atoms with Crippen molar-refractivity contribution in [1.82, 2.24) is 10.2 Å². The van der Waals surface area contributed by atoms with Crippen molar-refractivity contribution < 1.29 is 13.9 Å². The van der Waals surface area contributed by atoms with Crippen molar-refractivity contribution in [2.75, 3.05) is 20.3 Å². The largest absolute Gasteiger partial charge is 0.472 e. The Morgan fingerprint density at radius 3 is 2.72 bits per heavy atom. The second-order valence-electron chi connectivity index (χ2n) is 5.23. The van der Waals surface area contributed by atoms with Crippen LogP contribution in [0.2, 0.25) is 0 Å². The highest BCUT2D eigenvalue weighted by Gasteiger charge is 2.19. The van der Waals surface area contributed by atoms with E-state index in [2.05, 4.69) is 5.32 Å². The summed E-state index contributed by atoms with van der Waals surface area (Å²) in [6, 6.07) is 1.75. The van der Waals surface area contributed by atoms with Crippen LogP contribution in [-0.4, -0.2) is 36.7 Å². The van der Waals surface area contributed by atoms with E-state index in [1.807, 2.05) is 26.8 Å². The van der Waals surface area contributed by atoms with Crippen LogP contribution in [0.3, 0.4) is 0 Å². The summed E-state index contributed by atoms with van der Waals surface area (Å²) >= 11 is 0. The molecule has 0 atom stereocenters. The molecule has 1 rings (SSSR count). The molecule has 0 fully saturated rings.